The third-order valence-electron chi connectivity index (χ3n) is 2.91. The van der Waals surface area contributed by atoms with E-state index in [0.29, 0.717) is 17.5 Å². The van der Waals surface area contributed by atoms with Crippen molar-refractivity contribution in [3.63, 3.8) is 0 Å². The van der Waals surface area contributed by atoms with Crippen LogP contribution in [0.25, 0.3) is 0 Å². The van der Waals surface area contributed by atoms with Crippen molar-refractivity contribution in [1.82, 2.24) is 25.6 Å². The molecule has 2 heterocycles. The molecule has 1 fully saturated rings. The maximum atomic E-state index is 12.0. The summed E-state index contributed by atoms with van der Waals surface area (Å²) < 4.78 is 0. The molecule has 1 aromatic rings. The maximum absolute atomic E-state index is 12.0. The van der Waals surface area contributed by atoms with Gasteiger partial charge in [-0.25, -0.2) is 15.0 Å². The quantitative estimate of drug-likeness (QED) is 0.855. The Balaban J connectivity index is 1.94. The predicted molar refractivity (Wildman–Crippen MR) is 73.3 cm³/mol. The van der Waals surface area contributed by atoms with Gasteiger partial charge >= 0.3 is 0 Å². The lowest BCUT2D eigenvalue weighted by atomic mass is 9.98. The summed E-state index contributed by atoms with van der Waals surface area (Å²) in [6.45, 7) is 2.77. The highest BCUT2D eigenvalue weighted by atomic mass is 32.1. The molecule has 2 rings (SSSR count). The van der Waals surface area contributed by atoms with Crippen molar-refractivity contribution in [2.24, 2.45) is 5.92 Å². The van der Waals surface area contributed by atoms with E-state index < -0.39 is 0 Å². The number of amides is 1. The predicted octanol–water partition coefficient (Wildman–Crippen LogP) is 0.787. The molecule has 7 heteroatoms. The van der Waals surface area contributed by atoms with Crippen molar-refractivity contribution in [3.05, 3.63) is 29.2 Å². The van der Waals surface area contributed by atoms with Crippen molar-refractivity contribution >= 4 is 17.2 Å². The molecule has 0 saturated carbocycles. The van der Waals surface area contributed by atoms with E-state index in [4.69, 9.17) is 0 Å². The molecular weight excluding hydrogens is 262 g/mol. The number of carbonyl (C=O) groups is 1. The Morgan fingerprint density at radius 3 is 3.05 bits per heavy atom. The lowest BCUT2D eigenvalue weighted by molar-refractivity contribution is 0.0943. The maximum Gasteiger partial charge on any atom is 0.280 e. The number of nitrogens with zero attached hydrogens (tertiary/aromatic N) is 3. The zero-order chi connectivity index (χ0) is 13.3. The molecule has 0 aromatic carbocycles. The molecule has 0 atom stereocenters. The Hall–Kier alpha value is -1.60. The minimum Gasteiger partial charge on any atom is -0.350 e. The summed E-state index contributed by atoms with van der Waals surface area (Å²) in [5, 5.41) is 6.63. The summed E-state index contributed by atoms with van der Waals surface area (Å²) in [6.07, 6.45) is 6.63. The molecule has 19 heavy (non-hydrogen) atoms. The lowest BCUT2D eigenvalue weighted by Gasteiger charge is -2.22. The second-order valence-electron chi connectivity index (χ2n) is 4.27. The van der Waals surface area contributed by atoms with E-state index in [1.807, 2.05) is 0 Å². The molecule has 0 aliphatic carbocycles. The van der Waals surface area contributed by atoms with E-state index in [1.54, 1.807) is 5.51 Å². The number of nitrogens with one attached hydrogen (secondary N) is 2. The lowest BCUT2D eigenvalue weighted by Crippen LogP contribution is -2.36. The summed E-state index contributed by atoms with van der Waals surface area (Å²) in [5.41, 5.74) is 1.56. The second-order valence-corrected chi connectivity index (χ2v) is 5.11. The molecule has 1 aromatic heterocycles. The fourth-order valence-electron chi connectivity index (χ4n) is 1.87. The molecule has 6 nitrogen and oxygen atoms in total. The van der Waals surface area contributed by atoms with E-state index in [1.165, 1.54) is 30.1 Å². The topological polar surface area (TPSA) is 79.8 Å². The van der Waals surface area contributed by atoms with Crippen LogP contribution in [0.15, 0.2) is 24.2 Å². The summed E-state index contributed by atoms with van der Waals surface area (Å²) in [5.74, 6) is 0.404. The molecule has 1 saturated heterocycles. The van der Waals surface area contributed by atoms with Crippen LogP contribution in [0.4, 0.5) is 0 Å². The van der Waals surface area contributed by atoms with E-state index >= 15 is 0 Å². The van der Waals surface area contributed by atoms with Crippen molar-refractivity contribution in [3.8, 4) is 0 Å². The van der Waals surface area contributed by atoms with Gasteiger partial charge in [0.1, 0.15) is 6.33 Å². The van der Waals surface area contributed by atoms with Gasteiger partial charge in [0.25, 0.3) is 5.91 Å². The molecule has 0 radical (unpaired) electrons. The summed E-state index contributed by atoms with van der Waals surface area (Å²) >= 11 is 1.20. The zero-order valence-electron chi connectivity index (χ0n) is 10.6. The summed E-state index contributed by atoms with van der Waals surface area (Å²) in [4.78, 5) is 23.8. The van der Waals surface area contributed by atoms with Crippen LogP contribution >= 0.6 is 11.3 Å². The first-order valence-electron chi connectivity index (χ1n) is 6.28. The number of piperidine rings is 1. The van der Waals surface area contributed by atoms with E-state index in [2.05, 4.69) is 25.6 Å². The smallest absolute Gasteiger partial charge is 0.280 e. The Kier molecular flexibility index (Phi) is 5.64. The third kappa shape index (κ3) is 4.88. The van der Waals surface area contributed by atoms with Gasteiger partial charge in [-0.15, -0.1) is 0 Å². The minimum atomic E-state index is -0.151. The first-order chi connectivity index (χ1) is 9.36. The molecule has 0 unspecified atom stereocenters. The molecule has 0 spiro atoms. The van der Waals surface area contributed by atoms with Crippen LogP contribution in [0.1, 0.15) is 22.6 Å². The van der Waals surface area contributed by atoms with Gasteiger partial charge in [-0.2, -0.15) is 0 Å². The van der Waals surface area contributed by atoms with Gasteiger partial charge in [0.05, 0.1) is 5.51 Å². The molecule has 1 aliphatic rings. The normalized spacial score (nSPS) is 15.6. The van der Waals surface area contributed by atoms with Crippen LogP contribution in [0.2, 0.25) is 0 Å². The number of hydrogen-bond acceptors (Lipinski definition) is 6. The molecular formula is C12H17N5OS. The monoisotopic (exact) mass is 279 g/mol. The van der Waals surface area contributed by atoms with E-state index in [0.717, 1.165) is 25.9 Å². The Labute approximate surface area is 116 Å². The molecule has 2 N–H and O–H groups in total. The van der Waals surface area contributed by atoms with Gasteiger partial charge < -0.3 is 10.6 Å². The average molecular weight is 279 g/mol. The summed E-state index contributed by atoms with van der Waals surface area (Å²) in [6, 6.07) is 0. The Morgan fingerprint density at radius 1 is 1.37 bits per heavy atom. The van der Waals surface area contributed by atoms with Crippen molar-refractivity contribution in [2.75, 3.05) is 19.6 Å². The Bertz CT molecular complexity index is 433. The van der Waals surface area contributed by atoms with Gasteiger partial charge in [-0.05, 0) is 31.8 Å². The highest BCUT2D eigenvalue weighted by Crippen LogP contribution is 2.10. The first-order valence-corrected chi connectivity index (χ1v) is 7.16. The fourth-order valence-corrected chi connectivity index (χ4v) is 2.38. The van der Waals surface area contributed by atoms with E-state index in [-0.39, 0.29) is 5.91 Å². The van der Waals surface area contributed by atoms with Crippen LogP contribution in [0.5, 0.6) is 0 Å². The van der Waals surface area contributed by atoms with Gasteiger partial charge in [-0.1, -0.05) is 11.3 Å². The van der Waals surface area contributed by atoms with Crippen molar-refractivity contribution in [2.45, 2.75) is 12.8 Å². The van der Waals surface area contributed by atoms with Gasteiger partial charge in [0, 0.05) is 18.9 Å². The van der Waals surface area contributed by atoms with E-state index in [9.17, 15) is 4.79 Å². The SMILES string of the molecule is O=C(NCC1CCNCC1)c1nccncncs1. The molecule has 0 bridgehead atoms. The molecule has 102 valence electrons. The van der Waals surface area contributed by atoms with Crippen LogP contribution in [-0.2, 0) is 0 Å². The summed E-state index contributed by atoms with van der Waals surface area (Å²) in [7, 11) is 0. The largest absolute Gasteiger partial charge is 0.350 e. The standard InChI is InChI=1S/C12H17N5OS/c18-11(17-7-10-1-3-13-4-2-10)12-16-6-5-14-8-15-9-19-12/h5-6,8-10,13H,1-4,7H2,(H,17,18). The van der Waals surface area contributed by atoms with Crippen LogP contribution in [0.3, 0.4) is 0 Å². The number of carbonyl (C=O) groups excluding carboxylic acids is 1. The zero-order valence-corrected chi connectivity index (χ0v) is 11.4. The second kappa shape index (κ2) is 7.75. The van der Waals surface area contributed by atoms with Gasteiger partial charge in [0.2, 0.25) is 0 Å². The average Bonchev–Trinajstić information content (AvgIpc) is 2.59. The highest BCUT2D eigenvalue weighted by Gasteiger charge is 2.14. The van der Waals surface area contributed by atoms with Crippen LogP contribution < -0.4 is 10.6 Å². The van der Waals surface area contributed by atoms with Crippen molar-refractivity contribution in [1.29, 1.82) is 0 Å². The van der Waals surface area contributed by atoms with Crippen LogP contribution in [0, 0.1) is 5.92 Å². The van der Waals surface area contributed by atoms with Gasteiger partial charge in [-0.3, -0.25) is 4.79 Å². The molecule has 1 amide bonds. The number of rotatable bonds is 3. The van der Waals surface area contributed by atoms with Gasteiger partial charge in [0.15, 0.2) is 5.01 Å². The van der Waals surface area contributed by atoms with Crippen LogP contribution in [-0.4, -0.2) is 40.5 Å². The number of hydrogen-bond donors (Lipinski definition) is 2. The minimum absolute atomic E-state index is 0.151. The highest BCUT2D eigenvalue weighted by molar-refractivity contribution is 7.11. The Morgan fingerprint density at radius 2 is 2.21 bits per heavy atom. The van der Waals surface area contributed by atoms with Crippen molar-refractivity contribution < 1.29 is 4.79 Å². The number of aromatic nitrogens is 3. The third-order valence-corrected chi connectivity index (χ3v) is 3.65. The first kappa shape index (κ1) is 13.8. The fraction of sp³-hybridized carbons (Fsp3) is 0.500. The molecule has 1 aliphatic heterocycles.